The van der Waals surface area contributed by atoms with Crippen molar-refractivity contribution in [3.63, 3.8) is 0 Å². The maximum atomic E-state index is 9.44. The predicted octanol–water partition coefficient (Wildman–Crippen LogP) is 1.24. The molecule has 1 fully saturated rings. The van der Waals surface area contributed by atoms with Gasteiger partial charge in [-0.1, -0.05) is 6.08 Å². The van der Waals surface area contributed by atoms with Gasteiger partial charge in [0.2, 0.25) is 0 Å². The van der Waals surface area contributed by atoms with E-state index in [9.17, 15) is 10.2 Å². The van der Waals surface area contributed by atoms with Crippen molar-refractivity contribution in [3.05, 3.63) is 23.8 Å². The average molecular weight is 219 g/mol. The Bertz CT molecular complexity index is 462. The molecule has 0 amide bonds. The van der Waals surface area contributed by atoms with E-state index >= 15 is 0 Å². The van der Waals surface area contributed by atoms with Crippen LogP contribution in [0.3, 0.4) is 0 Å². The Morgan fingerprint density at radius 1 is 1.25 bits per heavy atom. The second kappa shape index (κ2) is 3.15. The first-order valence-electron chi connectivity index (χ1n) is 5.34. The summed E-state index contributed by atoms with van der Waals surface area (Å²) < 4.78 is 5.90. The predicted molar refractivity (Wildman–Crippen MR) is 59.7 cm³/mol. The molecule has 1 aromatic rings. The Balaban J connectivity index is 2.03. The van der Waals surface area contributed by atoms with Crippen molar-refractivity contribution in [3.8, 4) is 17.2 Å². The maximum absolute atomic E-state index is 9.44. The topological polar surface area (TPSA) is 61.7 Å². The zero-order chi connectivity index (χ0) is 11.2. The average Bonchev–Trinajstić information content (AvgIpc) is 2.69. The van der Waals surface area contributed by atoms with Crippen molar-refractivity contribution < 1.29 is 14.9 Å². The van der Waals surface area contributed by atoms with E-state index in [4.69, 9.17) is 4.74 Å². The van der Waals surface area contributed by atoms with Crippen LogP contribution in [0.4, 0.5) is 0 Å². The monoisotopic (exact) mass is 219 g/mol. The first-order valence-corrected chi connectivity index (χ1v) is 5.34. The first kappa shape index (κ1) is 9.54. The molecule has 3 rings (SSSR count). The molecule has 1 unspecified atom stereocenters. The molecule has 0 aliphatic carbocycles. The number of benzene rings is 1. The van der Waals surface area contributed by atoms with Gasteiger partial charge < -0.3 is 20.3 Å². The third-order valence-electron chi connectivity index (χ3n) is 3.14. The molecule has 0 radical (unpaired) electrons. The van der Waals surface area contributed by atoms with Crippen LogP contribution >= 0.6 is 0 Å². The fraction of sp³-hybridized carbons (Fsp3) is 0.333. The number of nitrogens with one attached hydrogen (secondary N) is 1. The molecular formula is C12H13NO3. The number of hydrogen-bond acceptors (Lipinski definition) is 4. The second-order valence-corrected chi connectivity index (χ2v) is 4.31. The van der Waals surface area contributed by atoms with Crippen LogP contribution < -0.4 is 10.1 Å². The number of phenols is 2. The minimum absolute atomic E-state index is 0.118. The molecule has 2 heterocycles. The molecule has 3 N–H and O–H groups in total. The van der Waals surface area contributed by atoms with E-state index in [-0.39, 0.29) is 17.1 Å². The Hall–Kier alpha value is -1.68. The molecule has 0 bridgehead atoms. The van der Waals surface area contributed by atoms with E-state index in [2.05, 4.69) is 5.32 Å². The lowest BCUT2D eigenvalue weighted by molar-refractivity contribution is 0.138. The normalized spacial score (nSPS) is 26.8. The highest BCUT2D eigenvalue weighted by molar-refractivity contribution is 5.65. The Morgan fingerprint density at radius 3 is 2.81 bits per heavy atom. The summed E-state index contributed by atoms with van der Waals surface area (Å²) in [4.78, 5) is 0. The molecule has 0 aromatic heterocycles. The summed E-state index contributed by atoms with van der Waals surface area (Å²) in [6.45, 7) is 1.72. The summed E-state index contributed by atoms with van der Waals surface area (Å²) in [6, 6.07) is 2.98. The number of aromatic hydroxyl groups is 2. The van der Waals surface area contributed by atoms with Crippen LogP contribution in [0.1, 0.15) is 12.0 Å². The third kappa shape index (κ3) is 1.34. The fourth-order valence-electron chi connectivity index (χ4n) is 2.20. The number of fused-ring (bicyclic) bond motifs is 1. The van der Waals surface area contributed by atoms with Crippen molar-refractivity contribution in [1.29, 1.82) is 0 Å². The molecule has 84 valence electrons. The van der Waals surface area contributed by atoms with Gasteiger partial charge >= 0.3 is 0 Å². The van der Waals surface area contributed by atoms with Crippen molar-refractivity contribution in [2.45, 2.75) is 12.0 Å². The Morgan fingerprint density at radius 2 is 2.06 bits per heavy atom. The molecule has 2 aliphatic heterocycles. The summed E-state index contributed by atoms with van der Waals surface area (Å²) in [5.74, 6) is 0.365. The Kier molecular flexibility index (Phi) is 1.88. The zero-order valence-corrected chi connectivity index (χ0v) is 8.73. The van der Waals surface area contributed by atoms with Crippen molar-refractivity contribution in [2.24, 2.45) is 0 Å². The minimum Gasteiger partial charge on any atom is -0.504 e. The van der Waals surface area contributed by atoms with E-state index in [0.717, 1.165) is 25.1 Å². The lowest BCUT2D eigenvalue weighted by atomic mass is 9.97. The van der Waals surface area contributed by atoms with Gasteiger partial charge in [0.15, 0.2) is 11.5 Å². The van der Waals surface area contributed by atoms with E-state index in [1.54, 1.807) is 0 Å². The smallest absolute Gasteiger partial charge is 0.161 e. The first-order chi connectivity index (χ1) is 7.69. The molecule has 1 atom stereocenters. The SMILES string of the molecule is Oc1cc2c(cc1O)OC1(C=C2)CCNC1. The van der Waals surface area contributed by atoms with Gasteiger partial charge in [0.25, 0.3) is 0 Å². The second-order valence-electron chi connectivity index (χ2n) is 4.31. The van der Waals surface area contributed by atoms with E-state index in [1.807, 2.05) is 12.2 Å². The van der Waals surface area contributed by atoms with Crippen LogP contribution in [0.5, 0.6) is 17.2 Å². The summed E-state index contributed by atoms with van der Waals surface area (Å²) in [5, 5.41) is 22.1. The highest BCUT2D eigenvalue weighted by atomic mass is 16.5. The molecule has 4 heteroatoms. The zero-order valence-electron chi connectivity index (χ0n) is 8.73. The van der Waals surface area contributed by atoms with Gasteiger partial charge in [-0.15, -0.1) is 0 Å². The Labute approximate surface area is 93.2 Å². The van der Waals surface area contributed by atoms with Crippen LogP contribution in [-0.4, -0.2) is 28.9 Å². The van der Waals surface area contributed by atoms with Crippen molar-refractivity contribution in [2.75, 3.05) is 13.1 Å². The third-order valence-corrected chi connectivity index (χ3v) is 3.14. The van der Waals surface area contributed by atoms with Gasteiger partial charge in [-0.05, 0) is 18.7 Å². The molecule has 4 nitrogen and oxygen atoms in total. The van der Waals surface area contributed by atoms with Gasteiger partial charge in [-0.2, -0.15) is 0 Å². The molecule has 1 aromatic carbocycles. The number of rotatable bonds is 0. The summed E-state index contributed by atoms with van der Waals surface area (Å²) >= 11 is 0. The van der Waals surface area contributed by atoms with Crippen molar-refractivity contribution in [1.82, 2.24) is 5.32 Å². The van der Waals surface area contributed by atoms with Crippen LogP contribution in [0.15, 0.2) is 18.2 Å². The van der Waals surface area contributed by atoms with Gasteiger partial charge in [0, 0.05) is 24.6 Å². The van der Waals surface area contributed by atoms with Crippen LogP contribution in [0, 0.1) is 0 Å². The summed E-state index contributed by atoms with van der Waals surface area (Å²) in [7, 11) is 0. The maximum Gasteiger partial charge on any atom is 0.161 e. The quantitative estimate of drug-likeness (QED) is 0.574. The highest BCUT2D eigenvalue weighted by Gasteiger charge is 2.36. The highest BCUT2D eigenvalue weighted by Crippen LogP contribution is 2.39. The summed E-state index contributed by atoms with van der Waals surface area (Å²) in [6.07, 6.45) is 4.88. The van der Waals surface area contributed by atoms with Crippen LogP contribution in [0.25, 0.3) is 6.08 Å². The molecular weight excluding hydrogens is 206 g/mol. The summed E-state index contributed by atoms with van der Waals surface area (Å²) in [5.41, 5.74) is 0.518. The lowest BCUT2D eigenvalue weighted by Crippen LogP contribution is -2.37. The molecule has 0 saturated carbocycles. The van der Waals surface area contributed by atoms with Gasteiger partial charge in [0.1, 0.15) is 11.4 Å². The molecule has 16 heavy (non-hydrogen) atoms. The van der Waals surface area contributed by atoms with E-state index in [1.165, 1.54) is 12.1 Å². The number of ether oxygens (including phenoxy) is 1. The van der Waals surface area contributed by atoms with E-state index < -0.39 is 0 Å². The lowest BCUT2D eigenvalue weighted by Gasteiger charge is -2.30. The molecule has 2 aliphatic rings. The number of hydrogen-bond donors (Lipinski definition) is 3. The molecule has 1 spiro atoms. The van der Waals surface area contributed by atoms with Crippen LogP contribution in [-0.2, 0) is 0 Å². The van der Waals surface area contributed by atoms with Crippen LogP contribution in [0.2, 0.25) is 0 Å². The van der Waals surface area contributed by atoms with Gasteiger partial charge in [-0.25, -0.2) is 0 Å². The van der Waals surface area contributed by atoms with E-state index in [0.29, 0.717) is 5.75 Å². The molecule has 1 saturated heterocycles. The largest absolute Gasteiger partial charge is 0.504 e. The van der Waals surface area contributed by atoms with Gasteiger partial charge in [0.05, 0.1) is 0 Å². The van der Waals surface area contributed by atoms with Gasteiger partial charge in [-0.3, -0.25) is 0 Å². The number of phenolic OH excluding ortho intramolecular Hbond substituents is 2. The standard InChI is InChI=1S/C12H13NO3/c14-9-5-8-1-2-12(3-4-13-7-12)16-11(8)6-10(9)15/h1-2,5-6,13-15H,3-4,7H2. The minimum atomic E-state index is -0.281. The van der Waals surface area contributed by atoms with Crippen molar-refractivity contribution >= 4 is 6.08 Å². The fourth-order valence-corrected chi connectivity index (χ4v) is 2.20.